The molecule has 1 N–H and O–H groups in total. The van der Waals surface area contributed by atoms with E-state index in [2.05, 4.69) is 10.5 Å². The molecule has 1 atom stereocenters. The van der Waals surface area contributed by atoms with E-state index in [0.717, 1.165) is 25.7 Å². The number of aromatic nitrogens is 1. The fourth-order valence-corrected chi connectivity index (χ4v) is 8.66. The van der Waals surface area contributed by atoms with Crippen LogP contribution < -0.4 is 5.43 Å². The van der Waals surface area contributed by atoms with Gasteiger partial charge < -0.3 is 4.57 Å². The summed E-state index contributed by atoms with van der Waals surface area (Å²) in [5.41, 5.74) is 5.47. The van der Waals surface area contributed by atoms with Gasteiger partial charge in [0.15, 0.2) is 0 Å². The highest BCUT2D eigenvalue weighted by atomic mass is 35.5. The molecular formula is C30H29Cl2N5O5S2. The molecule has 0 bridgehead atoms. The van der Waals surface area contributed by atoms with Crippen LogP contribution in [0.1, 0.15) is 17.0 Å². The second-order valence-electron chi connectivity index (χ2n) is 10.1. The van der Waals surface area contributed by atoms with Gasteiger partial charge in [0.2, 0.25) is 20.0 Å². The first-order valence-corrected chi connectivity index (χ1v) is 17.1. The number of benzene rings is 3. The third kappa shape index (κ3) is 6.32. The van der Waals surface area contributed by atoms with Gasteiger partial charge in [0.25, 0.3) is 5.91 Å². The van der Waals surface area contributed by atoms with E-state index in [-0.39, 0.29) is 22.9 Å². The molecule has 0 spiro atoms. The van der Waals surface area contributed by atoms with E-state index in [1.54, 1.807) is 54.6 Å². The van der Waals surface area contributed by atoms with Crippen molar-refractivity contribution in [3.05, 3.63) is 112 Å². The summed E-state index contributed by atoms with van der Waals surface area (Å²) in [4.78, 5) is 13.6. The molecular weight excluding hydrogens is 645 g/mol. The van der Waals surface area contributed by atoms with E-state index in [0.29, 0.717) is 15.6 Å². The number of carbonyl (C=O) groups excluding carboxylic acids is 1. The number of amides is 1. The maximum absolute atomic E-state index is 13.6. The largest absolute Gasteiger partial charge is 0.316 e. The first-order valence-electron chi connectivity index (χ1n) is 13.5. The molecule has 1 amide bonds. The van der Waals surface area contributed by atoms with Gasteiger partial charge in [-0.25, -0.2) is 22.3 Å². The smallest absolute Gasteiger partial charge is 0.259 e. The lowest BCUT2D eigenvalue weighted by Crippen LogP contribution is -2.60. The Hall–Kier alpha value is -3.52. The Bertz CT molecular complexity index is 1930. The van der Waals surface area contributed by atoms with E-state index in [4.69, 9.17) is 23.2 Å². The Labute approximate surface area is 266 Å². The van der Waals surface area contributed by atoms with Crippen molar-refractivity contribution in [3.8, 4) is 5.69 Å². The molecule has 0 aliphatic carbocycles. The van der Waals surface area contributed by atoms with Crippen molar-refractivity contribution in [2.45, 2.75) is 29.7 Å². The molecule has 1 aliphatic rings. The Morgan fingerprint density at radius 2 is 1.48 bits per heavy atom. The lowest BCUT2D eigenvalue weighted by atomic mass is 10.2. The minimum absolute atomic E-state index is 0.00559. The molecule has 14 heteroatoms. The summed E-state index contributed by atoms with van der Waals surface area (Å²) < 4.78 is 58.1. The van der Waals surface area contributed by atoms with Gasteiger partial charge in [-0.15, -0.1) is 0 Å². The van der Waals surface area contributed by atoms with E-state index in [9.17, 15) is 21.6 Å². The van der Waals surface area contributed by atoms with Gasteiger partial charge in [-0.2, -0.15) is 13.7 Å². The topological polar surface area (TPSA) is 121 Å². The molecule has 1 aromatic heterocycles. The van der Waals surface area contributed by atoms with E-state index < -0.39 is 38.5 Å². The number of carbonyl (C=O) groups is 1. The molecule has 3 aromatic carbocycles. The van der Waals surface area contributed by atoms with Crippen LogP contribution in [0.15, 0.2) is 99.8 Å². The Morgan fingerprint density at radius 1 is 0.864 bits per heavy atom. The third-order valence-corrected chi connectivity index (χ3v) is 11.7. The average molecular weight is 675 g/mol. The van der Waals surface area contributed by atoms with Crippen LogP contribution in [0.5, 0.6) is 0 Å². The summed E-state index contributed by atoms with van der Waals surface area (Å²) in [6, 6.07) is 21.1. The number of nitrogens with zero attached hydrogens (tertiary/aromatic N) is 4. The monoisotopic (exact) mass is 673 g/mol. The first-order chi connectivity index (χ1) is 20.9. The lowest BCUT2D eigenvalue weighted by Gasteiger charge is -2.38. The minimum atomic E-state index is -4.14. The maximum Gasteiger partial charge on any atom is 0.259 e. The summed E-state index contributed by atoms with van der Waals surface area (Å²) >= 11 is 12.5. The Kier molecular flexibility index (Phi) is 9.30. The van der Waals surface area contributed by atoms with Crippen LogP contribution >= 0.6 is 23.2 Å². The van der Waals surface area contributed by atoms with Gasteiger partial charge in [0, 0.05) is 41.6 Å². The van der Waals surface area contributed by atoms with E-state index >= 15 is 0 Å². The van der Waals surface area contributed by atoms with Crippen LogP contribution in [-0.2, 0) is 24.8 Å². The second-order valence-corrected chi connectivity index (χ2v) is 14.8. The van der Waals surface area contributed by atoms with Crippen LogP contribution in [0, 0.1) is 13.8 Å². The van der Waals surface area contributed by atoms with Crippen molar-refractivity contribution in [2.24, 2.45) is 5.10 Å². The van der Waals surface area contributed by atoms with Crippen molar-refractivity contribution >= 4 is 55.4 Å². The fourth-order valence-electron chi connectivity index (χ4n) is 5.12. The summed E-state index contributed by atoms with van der Waals surface area (Å²) in [5.74, 6) is -0.775. The van der Waals surface area contributed by atoms with E-state index in [1.807, 2.05) is 24.5 Å². The van der Waals surface area contributed by atoms with Crippen LogP contribution in [0.3, 0.4) is 0 Å². The number of hydrogen-bond acceptors (Lipinski definition) is 6. The number of nitrogens with one attached hydrogen (secondary N) is 1. The van der Waals surface area contributed by atoms with Crippen LogP contribution in [-0.4, -0.2) is 67.8 Å². The van der Waals surface area contributed by atoms with Gasteiger partial charge in [-0.1, -0.05) is 59.6 Å². The molecule has 1 aliphatic heterocycles. The van der Waals surface area contributed by atoms with Crippen molar-refractivity contribution in [1.82, 2.24) is 18.6 Å². The molecule has 4 aromatic rings. The minimum Gasteiger partial charge on any atom is -0.316 e. The number of aryl methyl sites for hydroxylation is 1. The Balaban J connectivity index is 1.42. The second kappa shape index (κ2) is 12.8. The van der Waals surface area contributed by atoms with Gasteiger partial charge >= 0.3 is 0 Å². The predicted molar refractivity (Wildman–Crippen MR) is 170 cm³/mol. The molecule has 0 saturated carbocycles. The molecule has 1 unspecified atom stereocenters. The standard InChI is InChI=1S/C30H29Cl2N5O5S2/c1-21-17-23(22(2)37(21)28-14-13-24(31)18-27(28)32)19-33-34-30(38)29-20-35(43(39,40)25-9-5-3-6-10-25)15-16-36(29)44(41,42)26-11-7-4-8-12-26/h3-14,17-19,29H,15-16,20H2,1-2H3,(H,34,38)/b33-19+. The summed E-state index contributed by atoms with van der Waals surface area (Å²) in [6.07, 6.45) is 1.44. The predicted octanol–water partition coefficient (Wildman–Crippen LogP) is 4.62. The fraction of sp³-hybridized carbons (Fsp3) is 0.200. The number of hydrazone groups is 1. The zero-order chi connectivity index (χ0) is 31.6. The third-order valence-electron chi connectivity index (χ3n) is 7.33. The molecule has 44 heavy (non-hydrogen) atoms. The van der Waals surface area contributed by atoms with Gasteiger partial charge in [0.05, 0.1) is 26.7 Å². The number of sulfonamides is 2. The average Bonchev–Trinajstić information content (AvgIpc) is 3.29. The SMILES string of the molecule is Cc1cc(/C=N/NC(=O)C2CN(S(=O)(=O)c3ccccc3)CCN2S(=O)(=O)c2ccccc2)c(C)n1-c1ccc(Cl)cc1Cl. The lowest BCUT2D eigenvalue weighted by molar-refractivity contribution is -0.125. The van der Waals surface area contributed by atoms with Crippen LogP contribution in [0.2, 0.25) is 10.0 Å². The number of hydrogen-bond donors (Lipinski definition) is 1. The molecule has 2 heterocycles. The van der Waals surface area contributed by atoms with Gasteiger partial charge in [0.1, 0.15) is 6.04 Å². The Morgan fingerprint density at radius 3 is 2.09 bits per heavy atom. The molecule has 10 nitrogen and oxygen atoms in total. The highest BCUT2D eigenvalue weighted by Gasteiger charge is 2.43. The summed E-state index contributed by atoms with van der Waals surface area (Å²) in [5, 5.41) is 5.08. The maximum atomic E-state index is 13.6. The highest BCUT2D eigenvalue weighted by Crippen LogP contribution is 2.29. The van der Waals surface area contributed by atoms with Gasteiger partial charge in [-0.05, 0) is 62.4 Å². The number of halogens is 2. The first kappa shape index (κ1) is 31.9. The van der Waals surface area contributed by atoms with E-state index in [1.165, 1.54) is 30.5 Å². The van der Waals surface area contributed by atoms with Crippen LogP contribution in [0.4, 0.5) is 0 Å². The molecule has 0 radical (unpaired) electrons. The van der Waals surface area contributed by atoms with Crippen molar-refractivity contribution in [3.63, 3.8) is 0 Å². The summed E-state index contributed by atoms with van der Waals surface area (Å²) in [7, 11) is -8.13. The van der Waals surface area contributed by atoms with Crippen LogP contribution in [0.25, 0.3) is 5.69 Å². The van der Waals surface area contributed by atoms with Crippen molar-refractivity contribution < 1.29 is 21.6 Å². The zero-order valence-electron chi connectivity index (χ0n) is 23.8. The number of piperazine rings is 1. The molecule has 5 rings (SSSR count). The molecule has 1 saturated heterocycles. The zero-order valence-corrected chi connectivity index (χ0v) is 26.9. The molecule has 1 fully saturated rings. The quantitative estimate of drug-likeness (QED) is 0.216. The van der Waals surface area contributed by atoms with Crippen molar-refractivity contribution in [1.29, 1.82) is 0 Å². The highest BCUT2D eigenvalue weighted by molar-refractivity contribution is 7.89. The number of rotatable bonds is 8. The van der Waals surface area contributed by atoms with Gasteiger partial charge in [-0.3, -0.25) is 4.79 Å². The normalized spacial score (nSPS) is 16.8. The molecule has 230 valence electrons. The van der Waals surface area contributed by atoms with Crippen molar-refractivity contribution in [2.75, 3.05) is 19.6 Å². The summed E-state index contributed by atoms with van der Waals surface area (Å²) in [6.45, 7) is 3.00.